The Kier molecular flexibility index (Phi) is 4.72. The van der Waals surface area contributed by atoms with E-state index in [1.165, 1.54) is 37.1 Å². The Morgan fingerprint density at radius 1 is 1.39 bits per heavy atom. The highest BCUT2D eigenvalue weighted by Crippen LogP contribution is 2.33. The average molecular weight is 247 g/mol. The molecule has 0 aliphatic carbocycles. The first-order valence-corrected chi connectivity index (χ1v) is 7.13. The lowest BCUT2D eigenvalue weighted by molar-refractivity contribution is 0.162. The Balaban J connectivity index is 2.29. The largest absolute Gasteiger partial charge is 0.330 e. The molecule has 1 fully saturated rings. The van der Waals surface area contributed by atoms with Crippen LogP contribution in [0, 0.1) is 12.8 Å². The predicted molar refractivity (Wildman–Crippen MR) is 75.4 cm³/mol. The zero-order valence-electron chi connectivity index (χ0n) is 11.6. The van der Waals surface area contributed by atoms with Gasteiger partial charge in [0.1, 0.15) is 0 Å². The maximum Gasteiger partial charge on any atom is 0.0578 e. The maximum atomic E-state index is 5.99. The highest BCUT2D eigenvalue weighted by atomic mass is 15.2. The Hall–Kier alpha value is -0.930. The molecule has 0 radical (unpaired) electrons. The molecule has 100 valence electrons. The molecule has 0 bridgehead atoms. The van der Waals surface area contributed by atoms with E-state index in [0.717, 1.165) is 13.1 Å². The standard InChI is InChI=1S/C15H25N3/c1-3-18-9-5-4-6-13(10-16)15(18)14-8-7-12(2)11-17-14/h7-8,11,13,15H,3-6,9-10,16H2,1-2H3. The van der Waals surface area contributed by atoms with Crippen LogP contribution in [-0.4, -0.2) is 29.5 Å². The SMILES string of the molecule is CCN1CCCCC(CN)C1c1ccc(C)cn1. The molecule has 2 N–H and O–H groups in total. The quantitative estimate of drug-likeness (QED) is 0.892. The van der Waals surface area contributed by atoms with Crippen molar-refractivity contribution in [3.63, 3.8) is 0 Å². The first-order chi connectivity index (χ1) is 8.76. The van der Waals surface area contributed by atoms with Crippen molar-refractivity contribution in [2.75, 3.05) is 19.6 Å². The van der Waals surface area contributed by atoms with Gasteiger partial charge in [-0.1, -0.05) is 19.4 Å². The third-order valence-electron chi connectivity index (χ3n) is 4.06. The van der Waals surface area contributed by atoms with Gasteiger partial charge in [-0.15, -0.1) is 0 Å². The number of hydrogen-bond acceptors (Lipinski definition) is 3. The smallest absolute Gasteiger partial charge is 0.0578 e. The number of nitrogens with two attached hydrogens (primary N) is 1. The van der Waals surface area contributed by atoms with Gasteiger partial charge in [0.2, 0.25) is 0 Å². The molecule has 0 aromatic carbocycles. The molecule has 18 heavy (non-hydrogen) atoms. The van der Waals surface area contributed by atoms with E-state index >= 15 is 0 Å². The van der Waals surface area contributed by atoms with Crippen molar-refractivity contribution in [1.29, 1.82) is 0 Å². The molecule has 3 heteroatoms. The van der Waals surface area contributed by atoms with Crippen LogP contribution in [0.25, 0.3) is 0 Å². The van der Waals surface area contributed by atoms with Crippen molar-refractivity contribution in [3.05, 3.63) is 29.6 Å². The van der Waals surface area contributed by atoms with Gasteiger partial charge >= 0.3 is 0 Å². The molecule has 2 rings (SSSR count). The number of pyridine rings is 1. The van der Waals surface area contributed by atoms with Gasteiger partial charge in [0.15, 0.2) is 0 Å². The monoisotopic (exact) mass is 247 g/mol. The molecule has 2 unspecified atom stereocenters. The summed E-state index contributed by atoms with van der Waals surface area (Å²) in [5.74, 6) is 0.544. The Morgan fingerprint density at radius 3 is 2.83 bits per heavy atom. The van der Waals surface area contributed by atoms with Crippen LogP contribution in [0.3, 0.4) is 0 Å². The van der Waals surface area contributed by atoms with E-state index < -0.39 is 0 Å². The minimum Gasteiger partial charge on any atom is -0.330 e. The third-order valence-corrected chi connectivity index (χ3v) is 4.06. The second kappa shape index (κ2) is 6.30. The van der Waals surface area contributed by atoms with Gasteiger partial charge in [-0.2, -0.15) is 0 Å². The van der Waals surface area contributed by atoms with Crippen LogP contribution in [0.1, 0.15) is 43.5 Å². The van der Waals surface area contributed by atoms with Gasteiger partial charge in [-0.3, -0.25) is 9.88 Å². The Bertz CT molecular complexity index is 347. The van der Waals surface area contributed by atoms with Crippen molar-refractivity contribution < 1.29 is 0 Å². The summed E-state index contributed by atoms with van der Waals surface area (Å²) < 4.78 is 0. The van der Waals surface area contributed by atoms with Gasteiger partial charge in [0.05, 0.1) is 11.7 Å². The first-order valence-electron chi connectivity index (χ1n) is 7.13. The molecule has 0 amide bonds. The minimum atomic E-state index is 0.406. The van der Waals surface area contributed by atoms with Gasteiger partial charge in [-0.25, -0.2) is 0 Å². The molecular weight excluding hydrogens is 222 g/mol. The molecule has 1 aliphatic heterocycles. The van der Waals surface area contributed by atoms with Crippen LogP contribution in [-0.2, 0) is 0 Å². The van der Waals surface area contributed by atoms with Crippen LogP contribution in [0.15, 0.2) is 18.3 Å². The van der Waals surface area contributed by atoms with Crippen molar-refractivity contribution >= 4 is 0 Å². The summed E-state index contributed by atoms with van der Waals surface area (Å²) in [5, 5.41) is 0. The van der Waals surface area contributed by atoms with E-state index in [1.54, 1.807) is 0 Å². The zero-order valence-corrected chi connectivity index (χ0v) is 11.6. The fourth-order valence-electron chi connectivity index (χ4n) is 3.00. The molecule has 1 saturated heterocycles. The van der Waals surface area contributed by atoms with E-state index in [-0.39, 0.29) is 0 Å². The molecule has 2 heterocycles. The van der Waals surface area contributed by atoms with Gasteiger partial charge < -0.3 is 5.73 Å². The van der Waals surface area contributed by atoms with Gasteiger partial charge in [0.25, 0.3) is 0 Å². The summed E-state index contributed by atoms with van der Waals surface area (Å²) >= 11 is 0. The highest BCUT2D eigenvalue weighted by Gasteiger charge is 2.30. The van der Waals surface area contributed by atoms with E-state index in [4.69, 9.17) is 5.73 Å². The number of rotatable bonds is 3. The zero-order chi connectivity index (χ0) is 13.0. The molecule has 2 atom stereocenters. The number of nitrogens with zero attached hydrogens (tertiary/aromatic N) is 2. The van der Waals surface area contributed by atoms with E-state index in [9.17, 15) is 0 Å². The maximum absolute atomic E-state index is 5.99. The lowest BCUT2D eigenvalue weighted by Crippen LogP contribution is -2.36. The topological polar surface area (TPSA) is 42.1 Å². The fourth-order valence-corrected chi connectivity index (χ4v) is 3.00. The normalized spacial score (nSPS) is 25.9. The van der Waals surface area contributed by atoms with E-state index in [0.29, 0.717) is 12.0 Å². The summed E-state index contributed by atoms with van der Waals surface area (Å²) in [6.45, 7) is 7.34. The lowest BCUT2D eigenvalue weighted by Gasteiger charge is -2.33. The fraction of sp³-hybridized carbons (Fsp3) is 0.667. The molecule has 1 aromatic rings. The molecule has 3 nitrogen and oxygen atoms in total. The van der Waals surface area contributed by atoms with E-state index in [2.05, 4.69) is 35.9 Å². The summed E-state index contributed by atoms with van der Waals surface area (Å²) in [4.78, 5) is 7.19. The molecular formula is C15H25N3. The third kappa shape index (κ3) is 2.90. The summed E-state index contributed by atoms with van der Waals surface area (Å²) in [6, 6.07) is 4.74. The molecule has 0 spiro atoms. The lowest BCUT2D eigenvalue weighted by atomic mass is 9.92. The number of hydrogen-bond donors (Lipinski definition) is 1. The van der Waals surface area contributed by atoms with Crippen molar-refractivity contribution in [2.45, 2.75) is 39.2 Å². The first kappa shape index (κ1) is 13.5. The second-order valence-corrected chi connectivity index (χ2v) is 5.33. The number of aromatic nitrogens is 1. The summed E-state index contributed by atoms with van der Waals surface area (Å²) in [5.41, 5.74) is 8.41. The van der Waals surface area contributed by atoms with E-state index in [1.807, 2.05) is 6.20 Å². The Labute approximate surface area is 110 Å². The van der Waals surface area contributed by atoms with Crippen molar-refractivity contribution in [3.8, 4) is 0 Å². The second-order valence-electron chi connectivity index (χ2n) is 5.33. The summed E-state index contributed by atoms with van der Waals surface area (Å²) in [6.07, 6.45) is 5.78. The van der Waals surface area contributed by atoms with Crippen LogP contribution in [0.2, 0.25) is 0 Å². The predicted octanol–water partition coefficient (Wildman–Crippen LogP) is 2.51. The number of likely N-dealkylation sites (tertiary alicyclic amines) is 1. The van der Waals surface area contributed by atoms with Crippen LogP contribution in [0.4, 0.5) is 0 Å². The van der Waals surface area contributed by atoms with Gasteiger partial charge in [-0.05, 0) is 56.9 Å². The summed E-state index contributed by atoms with van der Waals surface area (Å²) in [7, 11) is 0. The molecule has 0 saturated carbocycles. The van der Waals surface area contributed by atoms with Crippen LogP contribution in [0.5, 0.6) is 0 Å². The van der Waals surface area contributed by atoms with Crippen molar-refractivity contribution in [2.24, 2.45) is 11.7 Å². The minimum absolute atomic E-state index is 0.406. The molecule has 1 aromatic heterocycles. The number of aryl methyl sites for hydroxylation is 1. The van der Waals surface area contributed by atoms with Gasteiger partial charge in [0, 0.05) is 6.20 Å². The molecule has 1 aliphatic rings. The average Bonchev–Trinajstić information content (AvgIpc) is 2.61. The van der Waals surface area contributed by atoms with Crippen LogP contribution >= 0.6 is 0 Å². The highest BCUT2D eigenvalue weighted by molar-refractivity contribution is 5.16. The Morgan fingerprint density at radius 2 is 2.22 bits per heavy atom. The van der Waals surface area contributed by atoms with Crippen LogP contribution < -0.4 is 5.73 Å². The van der Waals surface area contributed by atoms with Crippen molar-refractivity contribution in [1.82, 2.24) is 9.88 Å².